The second-order valence-corrected chi connectivity index (χ2v) is 11.2. The van der Waals surface area contributed by atoms with Crippen molar-refractivity contribution in [3.63, 3.8) is 0 Å². The van der Waals surface area contributed by atoms with Crippen LogP contribution in [0.3, 0.4) is 0 Å². The number of fused-ring (bicyclic) bond motifs is 1. The topological polar surface area (TPSA) is 121 Å². The first-order chi connectivity index (χ1) is 18.9. The second kappa shape index (κ2) is 12.4. The molecule has 0 spiro atoms. The van der Waals surface area contributed by atoms with Gasteiger partial charge in [-0.25, -0.2) is 0 Å². The van der Waals surface area contributed by atoms with Crippen molar-refractivity contribution < 1.29 is 5.11 Å². The summed E-state index contributed by atoms with van der Waals surface area (Å²) in [5.74, 6) is 1.95. The first kappa shape index (κ1) is 27.5. The smallest absolute Gasteiger partial charge is 0.223 e. The number of nitrogens with zero attached hydrogens (tertiary/aromatic N) is 7. The first-order valence-electron chi connectivity index (χ1n) is 14.3. The van der Waals surface area contributed by atoms with Crippen molar-refractivity contribution in [1.29, 1.82) is 5.41 Å². The van der Waals surface area contributed by atoms with Gasteiger partial charge in [-0.1, -0.05) is 18.2 Å². The van der Waals surface area contributed by atoms with E-state index in [-0.39, 0.29) is 24.6 Å². The van der Waals surface area contributed by atoms with Crippen molar-refractivity contribution in [3.05, 3.63) is 41.0 Å². The lowest BCUT2D eigenvalue weighted by Gasteiger charge is -2.37. The summed E-state index contributed by atoms with van der Waals surface area (Å²) in [6, 6.07) is 9.28. The first-order valence-corrected chi connectivity index (χ1v) is 14.3. The Morgan fingerprint density at radius 3 is 2.54 bits per heavy atom. The summed E-state index contributed by atoms with van der Waals surface area (Å²) in [4.78, 5) is 23.3. The number of aliphatic imine (C=N–C) groups is 1. The zero-order valence-corrected chi connectivity index (χ0v) is 23.3. The van der Waals surface area contributed by atoms with Crippen LogP contribution in [0.4, 0.5) is 17.6 Å². The number of piperidine rings is 1. The molecule has 1 aromatic heterocycles. The van der Waals surface area contributed by atoms with Crippen molar-refractivity contribution in [2.75, 3.05) is 75.0 Å². The van der Waals surface area contributed by atoms with E-state index in [0.717, 1.165) is 88.8 Å². The molecule has 3 aliphatic rings. The maximum atomic E-state index is 9.17. The average Bonchev–Trinajstić information content (AvgIpc) is 2.94. The third kappa shape index (κ3) is 6.57. The molecule has 10 heteroatoms. The maximum Gasteiger partial charge on any atom is 0.223 e. The number of likely N-dealkylation sites (tertiary alicyclic amines) is 1. The zero-order valence-electron chi connectivity index (χ0n) is 23.3. The summed E-state index contributed by atoms with van der Waals surface area (Å²) in [5.41, 5.74) is 9.91. The molecule has 210 valence electrons. The molecule has 10 nitrogen and oxygen atoms in total. The van der Waals surface area contributed by atoms with E-state index in [1.54, 1.807) is 0 Å². The minimum Gasteiger partial charge on any atom is -0.395 e. The van der Waals surface area contributed by atoms with Gasteiger partial charge >= 0.3 is 0 Å². The molecule has 2 aromatic rings. The molecule has 39 heavy (non-hydrogen) atoms. The van der Waals surface area contributed by atoms with Crippen LogP contribution in [-0.4, -0.2) is 109 Å². The van der Waals surface area contributed by atoms with Crippen LogP contribution in [0, 0.1) is 5.41 Å². The zero-order chi connectivity index (χ0) is 27.4. The molecule has 4 N–H and O–H groups in total. The number of benzene rings is 1. The quantitative estimate of drug-likeness (QED) is 0.441. The van der Waals surface area contributed by atoms with Crippen LogP contribution in [0.25, 0.3) is 0 Å². The van der Waals surface area contributed by atoms with Gasteiger partial charge in [0.1, 0.15) is 11.6 Å². The fourth-order valence-corrected chi connectivity index (χ4v) is 5.93. The van der Waals surface area contributed by atoms with Crippen molar-refractivity contribution in [2.24, 2.45) is 4.99 Å². The Bertz CT molecular complexity index is 1160. The summed E-state index contributed by atoms with van der Waals surface area (Å²) >= 11 is 0. The van der Waals surface area contributed by atoms with E-state index in [1.165, 1.54) is 17.3 Å². The molecule has 1 aromatic carbocycles. The number of nitrogens with one attached hydrogen (secondary N) is 1. The Labute approximate surface area is 232 Å². The number of nitrogens with two attached hydrogens (primary N) is 1. The molecule has 0 bridgehead atoms. The van der Waals surface area contributed by atoms with Gasteiger partial charge in [0, 0.05) is 76.9 Å². The Morgan fingerprint density at radius 2 is 1.82 bits per heavy atom. The Balaban J connectivity index is 1.30. The highest BCUT2D eigenvalue weighted by Gasteiger charge is 2.27. The second-order valence-electron chi connectivity index (χ2n) is 11.2. The van der Waals surface area contributed by atoms with E-state index in [0.29, 0.717) is 5.95 Å². The van der Waals surface area contributed by atoms with Gasteiger partial charge in [0.05, 0.1) is 18.6 Å². The summed E-state index contributed by atoms with van der Waals surface area (Å²) < 4.78 is 0. The van der Waals surface area contributed by atoms with E-state index in [9.17, 15) is 5.11 Å². The predicted molar refractivity (Wildman–Crippen MR) is 159 cm³/mol. The van der Waals surface area contributed by atoms with Crippen LogP contribution < -0.4 is 15.5 Å². The molecule has 2 unspecified atom stereocenters. The minimum absolute atomic E-state index is 0.142. The number of likely N-dealkylation sites (N-methyl/N-ethyl adjacent to an activating group) is 1. The van der Waals surface area contributed by atoms with Crippen molar-refractivity contribution >= 4 is 30.0 Å². The van der Waals surface area contributed by atoms with Gasteiger partial charge in [0.15, 0.2) is 0 Å². The highest BCUT2D eigenvalue weighted by atomic mass is 16.3. The number of nitrogen functional groups attached to an aromatic ring is 1. The Kier molecular flexibility index (Phi) is 8.74. The number of aliphatic hydroxyl groups is 1. The fraction of sp³-hybridized carbons (Fsp3) is 0.586. The third-order valence-corrected chi connectivity index (χ3v) is 8.45. The van der Waals surface area contributed by atoms with E-state index < -0.39 is 0 Å². The molecule has 0 amide bonds. The Hall–Kier alpha value is -3.08. The number of aliphatic hydroxyl groups excluding tert-OH is 1. The molecule has 0 saturated carbocycles. The van der Waals surface area contributed by atoms with Crippen molar-refractivity contribution in [2.45, 2.75) is 50.7 Å². The van der Waals surface area contributed by atoms with Gasteiger partial charge in [-0.15, -0.1) is 0 Å². The molecule has 4 heterocycles. The number of β-amino-alcohol motifs (C(OH)–C–C–N with tert-alkyl or cyclic N) is 1. The molecule has 3 aliphatic heterocycles. The summed E-state index contributed by atoms with van der Waals surface area (Å²) in [6.07, 6.45) is 6.37. The SMILES string of the molecule is CC1Cc2ccc(C(C=N)C=NC3CCN(CCO)CC3)cc2CN1c1cc(N2CCN(C)CC2)nc(N)n1. The molecule has 2 saturated heterocycles. The highest BCUT2D eigenvalue weighted by Crippen LogP contribution is 2.31. The van der Waals surface area contributed by atoms with E-state index in [2.05, 4.69) is 67.8 Å². The lowest BCUT2D eigenvalue weighted by atomic mass is 9.90. The summed E-state index contributed by atoms with van der Waals surface area (Å²) in [6.45, 7) is 9.75. The minimum atomic E-state index is -0.142. The molecule has 2 fully saturated rings. The summed E-state index contributed by atoms with van der Waals surface area (Å²) in [7, 11) is 2.15. The number of aromatic nitrogens is 2. The van der Waals surface area contributed by atoms with Crippen LogP contribution in [-0.2, 0) is 13.0 Å². The Morgan fingerprint density at radius 1 is 1.08 bits per heavy atom. The maximum absolute atomic E-state index is 9.17. The van der Waals surface area contributed by atoms with E-state index >= 15 is 0 Å². The largest absolute Gasteiger partial charge is 0.395 e. The molecule has 0 aliphatic carbocycles. The molecule has 2 atom stereocenters. The number of anilines is 3. The van der Waals surface area contributed by atoms with Crippen molar-refractivity contribution in [1.82, 2.24) is 19.8 Å². The van der Waals surface area contributed by atoms with Gasteiger partial charge in [-0.3, -0.25) is 4.99 Å². The number of piperazine rings is 1. The summed E-state index contributed by atoms with van der Waals surface area (Å²) in [5, 5.41) is 17.3. The van der Waals surface area contributed by atoms with Crippen LogP contribution in [0.5, 0.6) is 0 Å². The number of rotatable bonds is 8. The van der Waals surface area contributed by atoms with Gasteiger partial charge in [0.2, 0.25) is 5.95 Å². The standard InChI is InChI=1S/C29H43N9O/c1-21-15-22-3-4-23(25(18-30)19-32-26-5-7-36(8-6-26)13-14-39)16-24(22)20-38(21)28-17-27(33-29(31)34-28)37-11-9-35(2)10-12-37/h3-4,16-19,21,25-26,30,39H,5-15,20H2,1-2H3,(H2,31,33,34). The molecule has 0 radical (unpaired) electrons. The van der Waals surface area contributed by atoms with Gasteiger partial charge in [0.25, 0.3) is 0 Å². The third-order valence-electron chi connectivity index (χ3n) is 8.45. The number of hydrogen-bond acceptors (Lipinski definition) is 10. The van der Waals surface area contributed by atoms with Gasteiger partial charge in [-0.2, -0.15) is 9.97 Å². The monoisotopic (exact) mass is 533 g/mol. The lowest BCUT2D eigenvalue weighted by Crippen LogP contribution is -2.45. The predicted octanol–water partition coefficient (Wildman–Crippen LogP) is 2.02. The molecular formula is C29H43N9O. The lowest BCUT2D eigenvalue weighted by molar-refractivity contribution is 0.165. The molecular weight excluding hydrogens is 490 g/mol. The van der Waals surface area contributed by atoms with Crippen LogP contribution in [0.15, 0.2) is 29.3 Å². The van der Waals surface area contributed by atoms with Crippen LogP contribution in [0.1, 0.15) is 42.4 Å². The van der Waals surface area contributed by atoms with Crippen LogP contribution in [0.2, 0.25) is 0 Å². The van der Waals surface area contributed by atoms with Crippen LogP contribution >= 0.6 is 0 Å². The van der Waals surface area contributed by atoms with Gasteiger partial charge < -0.3 is 35.8 Å². The van der Waals surface area contributed by atoms with Crippen molar-refractivity contribution in [3.8, 4) is 0 Å². The number of hydrogen-bond donors (Lipinski definition) is 3. The molecule has 5 rings (SSSR count). The normalized spacial score (nSPS) is 22.3. The fourth-order valence-electron chi connectivity index (χ4n) is 5.93. The average molecular weight is 534 g/mol. The van der Waals surface area contributed by atoms with E-state index in [4.69, 9.17) is 16.1 Å². The van der Waals surface area contributed by atoms with E-state index in [1.807, 2.05) is 6.21 Å². The highest BCUT2D eigenvalue weighted by molar-refractivity contribution is 5.89. The van der Waals surface area contributed by atoms with Gasteiger partial charge in [-0.05, 0) is 49.9 Å².